The second-order valence-electron chi connectivity index (χ2n) is 7.29. The zero-order valence-electron chi connectivity index (χ0n) is 16.9. The second-order valence-corrected chi connectivity index (χ2v) is 7.29. The Kier molecular flexibility index (Phi) is 7.40. The van der Waals surface area contributed by atoms with E-state index < -0.39 is 4.92 Å². The quantitative estimate of drug-likeness (QED) is 0.347. The van der Waals surface area contributed by atoms with Crippen LogP contribution in [0.5, 0.6) is 0 Å². The highest BCUT2D eigenvalue weighted by Gasteiger charge is 2.30. The van der Waals surface area contributed by atoms with Crippen LogP contribution in [-0.2, 0) is 16.1 Å². The number of nitrogens with one attached hydrogen (secondary N) is 1. The third-order valence-electron chi connectivity index (χ3n) is 5.36. The van der Waals surface area contributed by atoms with Crippen molar-refractivity contribution in [1.29, 1.82) is 0 Å². The summed E-state index contributed by atoms with van der Waals surface area (Å²) in [7, 11) is 0. The van der Waals surface area contributed by atoms with Gasteiger partial charge in [-0.05, 0) is 25.3 Å². The average molecular weight is 403 g/mol. The van der Waals surface area contributed by atoms with Crippen molar-refractivity contribution >= 4 is 17.6 Å². The van der Waals surface area contributed by atoms with Crippen LogP contribution >= 0.6 is 0 Å². The predicted octanol–water partition coefficient (Wildman–Crippen LogP) is 1.63. The first-order valence-corrected chi connectivity index (χ1v) is 10.2. The summed E-state index contributed by atoms with van der Waals surface area (Å²) in [6.07, 6.45) is 1.64. The standard InChI is InChI=1S/C20H29N5O4/c1-2-21-20(22-15-16-3-5-18(6-4-16)25(27)28)24-9-7-17(8-10-24)19(26)23-11-13-29-14-12-23/h3-6,17H,2,7-15H2,1H3,(H,21,22). The van der Waals surface area contributed by atoms with Gasteiger partial charge in [0.1, 0.15) is 0 Å². The van der Waals surface area contributed by atoms with E-state index in [-0.39, 0.29) is 17.5 Å². The molecule has 0 spiro atoms. The largest absolute Gasteiger partial charge is 0.378 e. The van der Waals surface area contributed by atoms with Crippen LogP contribution in [0.15, 0.2) is 29.3 Å². The predicted molar refractivity (Wildman–Crippen MR) is 110 cm³/mol. The Morgan fingerprint density at radius 1 is 1.17 bits per heavy atom. The number of morpholine rings is 1. The first kappa shape index (κ1) is 21.0. The third-order valence-corrected chi connectivity index (χ3v) is 5.36. The molecular formula is C20H29N5O4. The normalized spacial score (nSPS) is 18.6. The molecule has 0 saturated carbocycles. The van der Waals surface area contributed by atoms with Gasteiger partial charge in [-0.25, -0.2) is 4.99 Å². The number of nitrogens with zero attached hydrogens (tertiary/aromatic N) is 4. The highest BCUT2D eigenvalue weighted by atomic mass is 16.6. The fourth-order valence-corrected chi connectivity index (χ4v) is 3.70. The van der Waals surface area contributed by atoms with Crippen LogP contribution in [0.25, 0.3) is 0 Å². The summed E-state index contributed by atoms with van der Waals surface area (Å²) in [5.74, 6) is 1.14. The lowest BCUT2D eigenvalue weighted by Crippen LogP contribution is -2.50. The molecule has 9 nitrogen and oxygen atoms in total. The summed E-state index contributed by atoms with van der Waals surface area (Å²) in [6, 6.07) is 6.47. The number of amides is 1. The highest BCUT2D eigenvalue weighted by Crippen LogP contribution is 2.21. The Bertz CT molecular complexity index is 723. The van der Waals surface area contributed by atoms with Gasteiger partial charge in [0.15, 0.2) is 5.96 Å². The first-order valence-electron chi connectivity index (χ1n) is 10.2. The lowest BCUT2D eigenvalue weighted by molar-refractivity contribution is -0.384. The van der Waals surface area contributed by atoms with Crippen molar-refractivity contribution in [3.05, 3.63) is 39.9 Å². The molecule has 0 atom stereocenters. The number of ether oxygens (including phenoxy) is 1. The fraction of sp³-hybridized carbons (Fsp3) is 0.600. The summed E-state index contributed by atoms with van der Waals surface area (Å²) in [6.45, 7) is 7.44. The third kappa shape index (κ3) is 5.66. The monoisotopic (exact) mass is 403 g/mol. The van der Waals surface area contributed by atoms with E-state index in [2.05, 4.69) is 10.2 Å². The number of piperidine rings is 1. The smallest absolute Gasteiger partial charge is 0.269 e. The molecule has 2 aliphatic rings. The minimum absolute atomic E-state index is 0.0712. The number of guanidine groups is 1. The van der Waals surface area contributed by atoms with E-state index in [9.17, 15) is 14.9 Å². The minimum Gasteiger partial charge on any atom is -0.378 e. The van der Waals surface area contributed by atoms with Crippen molar-refractivity contribution < 1.29 is 14.5 Å². The molecule has 1 N–H and O–H groups in total. The van der Waals surface area contributed by atoms with Gasteiger partial charge in [0.2, 0.25) is 5.91 Å². The van der Waals surface area contributed by atoms with Gasteiger partial charge < -0.3 is 19.9 Å². The molecule has 2 saturated heterocycles. The van der Waals surface area contributed by atoms with Gasteiger partial charge in [0, 0.05) is 50.8 Å². The molecule has 9 heteroatoms. The van der Waals surface area contributed by atoms with Gasteiger partial charge in [0.05, 0.1) is 24.7 Å². The van der Waals surface area contributed by atoms with Gasteiger partial charge in [-0.15, -0.1) is 0 Å². The molecule has 0 bridgehead atoms. The van der Waals surface area contributed by atoms with Gasteiger partial charge in [-0.1, -0.05) is 12.1 Å². The van der Waals surface area contributed by atoms with Crippen molar-refractivity contribution in [2.24, 2.45) is 10.9 Å². The Balaban J connectivity index is 1.56. The fourth-order valence-electron chi connectivity index (χ4n) is 3.70. The highest BCUT2D eigenvalue weighted by molar-refractivity contribution is 5.82. The van der Waals surface area contributed by atoms with Gasteiger partial charge >= 0.3 is 0 Å². The number of benzene rings is 1. The van der Waals surface area contributed by atoms with E-state index in [1.54, 1.807) is 12.1 Å². The number of hydrogen-bond donors (Lipinski definition) is 1. The molecule has 158 valence electrons. The van der Waals surface area contributed by atoms with Crippen molar-refractivity contribution in [3.8, 4) is 0 Å². The van der Waals surface area contributed by atoms with Crippen molar-refractivity contribution in [2.75, 3.05) is 45.9 Å². The maximum absolute atomic E-state index is 12.7. The SMILES string of the molecule is CCNC(=NCc1ccc([N+](=O)[O-])cc1)N1CCC(C(=O)N2CCOCC2)CC1. The van der Waals surface area contributed by atoms with E-state index in [0.29, 0.717) is 32.8 Å². The van der Waals surface area contributed by atoms with E-state index in [4.69, 9.17) is 9.73 Å². The molecule has 1 aromatic rings. The number of likely N-dealkylation sites (tertiary alicyclic amines) is 1. The van der Waals surface area contributed by atoms with Crippen LogP contribution in [-0.4, -0.2) is 72.5 Å². The molecule has 1 amide bonds. The minimum atomic E-state index is -0.403. The molecule has 0 unspecified atom stereocenters. The summed E-state index contributed by atoms with van der Waals surface area (Å²) in [4.78, 5) is 31.9. The number of hydrogen-bond acceptors (Lipinski definition) is 5. The number of non-ortho nitro benzene ring substituents is 1. The average Bonchev–Trinajstić information content (AvgIpc) is 2.77. The lowest BCUT2D eigenvalue weighted by atomic mass is 9.95. The van der Waals surface area contributed by atoms with Crippen molar-refractivity contribution in [3.63, 3.8) is 0 Å². The Morgan fingerprint density at radius 2 is 1.83 bits per heavy atom. The van der Waals surface area contributed by atoms with Crippen LogP contribution in [0.2, 0.25) is 0 Å². The summed E-state index contributed by atoms with van der Waals surface area (Å²) >= 11 is 0. The molecule has 1 aromatic carbocycles. The first-order chi connectivity index (χ1) is 14.1. The van der Waals surface area contributed by atoms with E-state index in [0.717, 1.165) is 44.0 Å². The Morgan fingerprint density at radius 3 is 2.41 bits per heavy atom. The zero-order valence-corrected chi connectivity index (χ0v) is 16.9. The summed E-state index contributed by atoms with van der Waals surface area (Å²) in [5, 5.41) is 14.1. The van der Waals surface area contributed by atoms with Gasteiger partial charge in [-0.3, -0.25) is 14.9 Å². The van der Waals surface area contributed by atoms with Crippen LogP contribution in [0.4, 0.5) is 5.69 Å². The molecule has 0 aliphatic carbocycles. The number of aliphatic imine (C=N–C) groups is 1. The molecule has 2 heterocycles. The van der Waals surface area contributed by atoms with E-state index in [1.165, 1.54) is 12.1 Å². The Labute approximate surface area is 170 Å². The number of carbonyl (C=O) groups is 1. The zero-order chi connectivity index (χ0) is 20.6. The van der Waals surface area contributed by atoms with E-state index >= 15 is 0 Å². The number of carbonyl (C=O) groups excluding carboxylic acids is 1. The molecule has 0 aromatic heterocycles. The van der Waals surface area contributed by atoms with Crippen LogP contribution in [0.3, 0.4) is 0 Å². The van der Waals surface area contributed by atoms with E-state index in [1.807, 2.05) is 11.8 Å². The second kappa shape index (κ2) is 10.2. The molecule has 3 rings (SSSR count). The summed E-state index contributed by atoms with van der Waals surface area (Å²) in [5.41, 5.74) is 1.00. The number of rotatable bonds is 5. The van der Waals surface area contributed by atoms with Crippen LogP contribution in [0, 0.1) is 16.0 Å². The molecule has 0 radical (unpaired) electrons. The molecule has 2 aliphatic heterocycles. The van der Waals surface area contributed by atoms with Crippen molar-refractivity contribution in [2.45, 2.75) is 26.3 Å². The Hall–Kier alpha value is -2.68. The molecular weight excluding hydrogens is 374 g/mol. The topological polar surface area (TPSA) is 100 Å². The van der Waals surface area contributed by atoms with Gasteiger partial charge in [0.25, 0.3) is 5.69 Å². The van der Waals surface area contributed by atoms with Crippen molar-refractivity contribution in [1.82, 2.24) is 15.1 Å². The van der Waals surface area contributed by atoms with Crippen LogP contribution in [0.1, 0.15) is 25.3 Å². The maximum Gasteiger partial charge on any atom is 0.269 e. The van der Waals surface area contributed by atoms with Gasteiger partial charge in [-0.2, -0.15) is 0 Å². The number of nitro groups is 1. The van der Waals surface area contributed by atoms with Crippen LogP contribution < -0.4 is 5.32 Å². The lowest BCUT2D eigenvalue weighted by Gasteiger charge is -2.36. The maximum atomic E-state index is 12.7. The summed E-state index contributed by atoms with van der Waals surface area (Å²) < 4.78 is 5.33. The number of nitro benzene ring substituents is 1. The molecule has 2 fully saturated rings. The molecule has 29 heavy (non-hydrogen) atoms.